The number of carbonyl (C=O) groups is 2. The minimum absolute atomic E-state index is 0.0671. The lowest BCUT2D eigenvalue weighted by Gasteiger charge is -2.46. The largest absolute Gasteiger partial charge is 0.349 e. The quantitative estimate of drug-likeness (QED) is 0.573. The lowest BCUT2D eigenvalue weighted by atomic mass is 9.57. The van der Waals surface area contributed by atoms with Gasteiger partial charge in [-0.1, -0.05) is 28.1 Å². The summed E-state index contributed by atoms with van der Waals surface area (Å²) in [7, 11) is 3.60. The summed E-state index contributed by atoms with van der Waals surface area (Å²) in [6.07, 6.45) is 1.05. The lowest BCUT2D eigenvalue weighted by molar-refractivity contribution is -0.144. The fraction of sp³-hybridized carbons (Fsp3) is 0.733. The maximum atomic E-state index is 12.9. The second-order valence-electron chi connectivity index (χ2n) is 6.91. The smallest absolute Gasteiger partial charge is 0.226 e. The summed E-state index contributed by atoms with van der Waals surface area (Å²) in [5, 5.41) is 0.636. The minimum atomic E-state index is -0.433. The highest BCUT2D eigenvalue weighted by atomic mass is 79.9. The third-order valence-electron chi connectivity index (χ3n) is 6.39. The predicted molar refractivity (Wildman–Crippen MR) is 74.6 cm³/mol. The molecule has 102 valence electrons. The highest BCUT2D eigenvalue weighted by molar-refractivity contribution is 9.09. The van der Waals surface area contributed by atoms with Gasteiger partial charge in [-0.3, -0.25) is 9.59 Å². The summed E-state index contributed by atoms with van der Waals surface area (Å²) in [6.45, 7) is 4.15. The van der Waals surface area contributed by atoms with E-state index in [1.54, 1.807) is 19.0 Å². The molecule has 0 saturated heterocycles. The van der Waals surface area contributed by atoms with Crippen LogP contribution < -0.4 is 0 Å². The maximum absolute atomic E-state index is 12.9. The van der Waals surface area contributed by atoms with Crippen LogP contribution in [0.5, 0.6) is 0 Å². The van der Waals surface area contributed by atoms with Crippen LogP contribution in [0, 0.1) is 40.9 Å². The molecule has 4 aliphatic carbocycles. The summed E-state index contributed by atoms with van der Waals surface area (Å²) in [5.74, 6) is 2.12. The second-order valence-corrected chi connectivity index (χ2v) is 7.47. The molecule has 0 unspecified atom stereocenters. The Kier molecular flexibility index (Phi) is 2.12. The van der Waals surface area contributed by atoms with Crippen LogP contribution in [0.15, 0.2) is 12.2 Å². The number of Topliss-reactive ketones (excluding diaryl/α,β-unsaturated/α-hetero) is 1. The summed E-state index contributed by atoms with van der Waals surface area (Å²) in [6, 6.07) is 0. The Morgan fingerprint density at radius 2 is 2.21 bits per heavy atom. The molecule has 0 aromatic rings. The number of carbonyl (C=O) groups excluding carboxylic acids is 2. The van der Waals surface area contributed by atoms with Crippen molar-refractivity contribution in [3.05, 3.63) is 12.2 Å². The molecule has 2 bridgehead atoms. The Morgan fingerprint density at radius 3 is 2.79 bits per heavy atom. The molecule has 19 heavy (non-hydrogen) atoms. The van der Waals surface area contributed by atoms with Crippen molar-refractivity contribution in [2.24, 2.45) is 40.9 Å². The molecule has 0 aromatic carbocycles. The van der Waals surface area contributed by atoms with Gasteiger partial charge in [0.25, 0.3) is 0 Å². The lowest BCUT2D eigenvalue weighted by Crippen LogP contribution is -2.50. The average molecular weight is 324 g/mol. The molecule has 3 nitrogen and oxygen atoms in total. The molecular weight excluding hydrogens is 306 g/mol. The van der Waals surface area contributed by atoms with Crippen molar-refractivity contribution in [1.29, 1.82) is 0 Å². The molecule has 4 aliphatic rings. The van der Waals surface area contributed by atoms with E-state index < -0.39 is 5.41 Å². The van der Waals surface area contributed by atoms with E-state index in [1.165, 1.54) is 0 Å². The highest BCUT2D eigenvalue weighted by Crippen LogP contribution is 2.79. The monoisotopic (exact) mass is 323 g/mol. The van der Waals surface area contributed by atoms with E-state index >= 15 is 0 Å². The third kappa shape index (κ3) is 0.989. The van der Waals surface area contributed by atoms with Crippen molar-refractivity contribution in [3.63, 3.8) is 0 Å². The molecular formula is C15H18BrNO2. The topological polar surface area (TPSA) is 37.4 Å². The van der Waals surface area contributed by atoms with Gasteiger partial charge >= 0.3 is 0 Å². The molecule has 4 rings (SSSR count). The highest BCUT2D eigenvalue weighted by Gasteiger charge is 2.81. The van der Waals surface area contributed by atoms with Crippen molar-refractivity contribution in [1.82, 2.24) is 4.90 Å². The van der Waals surface area contributed by atoms with Gasteiger partial charge in [0.05, 0.1) is 11.3 Å². The summed E-state index contributed by atoms with van der Waals surface area (Å²) in [5.41, 5.74) is 0.691. The Balaban J connectivity index is 1.88. The van der Waals surface area contributed by atoms with Gasteiger partial charge in [0.15, 0.2) is 0 Å². The van der Waals surface area contributed by atoms with Crippen LogP contribution in [0.2, 0.25) is 0 Å². The third-order valence-corrected chi connectivity index (χ3v) is 7.32. The van der Waals surface area contributed by atoms with Crippen LogP contribution >= 0.6 is 15.9 Å². The number of allylic oxidation sites excluding steroid dienone is 1. The van der Waals surface area contributed by atoms with Crippen LogP contribution in [-0.2, 0) is 9.59 Å². The van der Waals surface area contributed by atoms with E-state index in [0.717, 1.165) is 12.0 Å². The molecule has 0 aromatic heterocycles. The molecule has 0 aliphatic heterocycles. The van der Waals surface area contributed by atoms with Crippen LogP contribution in [0.25, 0.3) is 0 Å². The molecule has 0 N–H and O–H groups in total. The Labute approximate surface area is 121 Å². The molecule has 0 radical (unpaired) electrons. The van der Waals surface area contributed by atoms with Crippen LogP contribution in [0.3, 0.4) is 0 Å². The van der Waals surface area contributed by atoms with Crippen LogP contribution in [0.1, 0.15) is 6.42 Å². The predicted octanol–water partition coefficient (Wildman–Crippen LogP) is 1.72. The first-order valence-corrected chi connectivity index (χ1v) is 8.09. The molecule has 4 heteroatoms. The summed E-state index contributed by atoms with van der Waals surface area (Å²) in [4.78, 5) is 27.2. The molecule has 1 amide bonds. The van der Waals surface area contributed by atoms with Gasteiger partial charge < -0.3 is 4.90 Å². The molecule has 7 atom stereocenters. The zero-order chi connectivity index (χ0) is 13.7. The zero-order valence-electron chi connectivity index (χ0n) is 11.2. The van der Waals surface area contributed by atoms with Gasteiger partial charge in [0.1, 0.15) is 5.78 Å². The van der Waals surface area contributed by atoms with E-state index in [0.29, 0.717) is 34.8 Å². The Hall–Kier alpha value is -0.640. The van der Waals surface area contributed by atoms with Gasteiger partial charge in [0, 0.05) is 25.3 Å². The van der Waals surface area contributed by atoms with E-state index in [1.807, 2.05) is 0 Å². The van der Waals surface area contributed by atoms with Crippen LogP contribution in [0.4, 0.5) is 0 Å². The number of hydrogen-bond acceptors (Lipinski definition) is 2. The Morgan fingerprint density at radius 1 is 1.53 bits per heavy atom. The molecule has 0 spiro atoms. The van der Waals surface area contributed by atoms with Gasteiger partial charge in [-0.15, -0.1) is 0 Å². The van der Waals surface area contributed by atoms with Crippen molar-refractivity contribution in [3.8, 4) is 0 Å². The number of halogens is 1. The normalized spacial score (nSPS) is 52.6. The van der Waals surface area contributed by atoms with E-state index in [9.17, 15) is 9.59 Å². The summed E-state index contributed by atoms with van der Waals surface area (Å²) < 4.78 is 0. The number of nitrogens with zero attached hydrogens (tertiary/aromatic N) is 1. The van der Waals surface area contributed by atoms with Crippen molar-refractivity contribution < 1.29 is 9.59 Å². The number of ketones is 1. The molecule has 4 saturated carbocycles. The Bertz CT molecular complexity index is 528. The first-order valence-electron chi connectivity index (χ1n) is 6.97. The summed E-state index contributed by atoms with van der Waals surface area (Å²) >= 11 is 3.57. The second kappa shape index (κ2) is 3.33. The first kappa shape index (κ1) is 12.1. The minimum Gasteiger partial charge on any atom is -0.349 e. The van der Waals surface area contributed by atoms with Gasteiger partial charge in [-0.2, -0.15) is 0 Å². The van der Waals surface area contributed by atoms with Gasteiger partial charge in [-0.25, -0.2) is 0 Å². The SMILES string of the molecule is C=C1[C@@H]2C(=O)[C@]3(CBr)[C@@H]4C[C@@H]([C@H]1[C@H]24)[C@@H]3C(=O)N(C)C. The number of fused-ring (bicyclic) bond motifs is 2. The molecule has 0 heterocycles. The maximum Gasteiger partial charge on any atom is 0.226 e. The number of amides is 1. The zero-order valence-corrected chi connectivity index (χ0v) is 12.8. The number of alkyl halides is 1. The fourth-order valence-electron chi connectivity index (χ4n) is 5.84. The average Bonchev–Trinajstić information content (AvgIpc) is 2.87. The number of rotatable bonds is 2. The van der Waals surface area contributed by atoms with Crippen molar-refractivity contribution in [2.45, 2.75) is 6.42 Å². The van der Waals surface area contributed by atoms with Crippen molar-refractivity contribution in [2.75, 3.05) is 19.4 Å². The van der Waals surface area contributed by atoms with Crippen LogP contribution in [-0.4, -0.2) is 36.0 Å². The van der Waals surface area contributed by atoms with Crippen molar-refractivity contribution >= 4 is 27.6 Å². The van der Waals surface area contributed by atoms with E-state index in [-0.39, 0.29) is 17.7 Å². The standard InChI is InChI=1S/C15H18BrNO2/c1-6-9-7-4-8-11(9)10(6)13(18)15(8,5-16)12(7)14(19)17(2)3/h7-12H,1,4-5H2,2-3H3/t7-,8+,9-,10-,11+,12+,15+/m0/s1. The molecule has 4 fully saturated rings. The van der Waals surface area contributed by atoms with E-state index in [4.69, 9.17) is 0 Å². The first-order chi connectivity index (χ1) is 8.96. The fourth-order valence-corrected chi connectivity index (χ4v) is 6.88. The number of hydrogen-bond donors (Lipinski definition) is 0. The van der Waals surface area contributed by atoms with Gasteiger partial charge in [0.2, 0.25) is 5.91 Å². The van der Waals surface area contributed by atoms with E-state index in [2.05, 4.69) is 22.5 Å². The van der Waals surface area contributed by atoms with Gasteiger partial charge in [-0.05, 0) is 30.1 Å².